The maximum atomic E-state index is 10.8. The molecule has 2 rings (SSSR count). The van der Waals surface area contributed by atoms with Gasteiger partial charge in [-0.15, -0.1) is 0 Å². The summed E-state index contributed by atoms with van der Waals surface area (Å²) in [4.78, 5) is 10.8. The van der Waals surface area contributed by atoms with Gasteiger partial charge in [0.25, 0.3) is 0 Å². The van der Waals surface area contributed by atoms with Gasteiger partial charge in [0, 0.05) is 12.2 Å². The molecule has 0 radical (unpaired) electrons. The first-order chi connectivity index (χ1) is 8.16. The van der Waals surface area contributed by atoms with Gasteiger partial charge in [-0.3, -0.25) is 0 Å². The number of hydrogen-bond donors (Lipinski definition) is 1. The Hall–Kier alpha value is -1.33. The van der Waals surface area contributed by atoms with Crippen molar-refractivity contribution in [3.63, 3.8) is 0 Å². The lowest BCUT2D eigenvalue weighted by molar-refractivity contribution is 0.00541. The van der Waals surface area contributed by atoms with Crippen molar-refractivity contribution >= 4 is 5.97 Å². The smallest absolute Gasteiger partial charge is 0.372 e. The molecule has 0 aromatic carbocycles. The van der Waals surface area contributed by atoms with Crippen LogP contribution < -0.4 is 0 Å². The lowest BCUT2D eigenvalue weighted by atomic mass is 10.2. The molecule has 1 N–H and O–H groups in total. The van der Waals surface area contributed by atoms with E-state index >= 15 is 0 Å². The number of hydrogen-bond acceptors (Lipinski definition) is 4. The van der Waals surface area contributed by atoms with Crippen LogP contribution in [-0.4, -0.2) is 30.4 Å². The third-order valence-electron chi connectivity index (χ3n) is 2.74. The normalized spacial score (nSPS) is 19.7. The number of aryl methyl sites for hydroxylation is 1. The van der Waals surface area contributed by atoms with E-state index in [-0.39, 0.29) is 18.5 Å². The molecule has 0 amide bonds. The molecule has 0 bridgehead atoms. The zero-order valence-corrected chi connectivity index (χ0v) is 9.77. The molecule has 1 aromatic rings. The number of carbonyl (C=O) groups is 1. The fraction of sp³-hybridized carbons (Fsp3) is 0.583. The maximum Gasteiger partial charge on any atom is 0.372 e. The van der Waals surface area contributed by atoms with E-state index in [9.17, 15) is 4.79 Å². The Balaban J connectivity index is 1.82. The van der Waals surface area contributed by atoms with Crippen molar-refractivity contribution in [2.24, 2.45) is 0 Å². The average Bonchev–Trinajstić information content (AvgIpc) is 2.88. The van der Waals surface area contributed by atoms with Crippen molar-refractivity contribution < 1.29 is 23.8 Å². The van der Waals surface area contributed by atoms with Crippen LogP contribution in [0, 0.1) is 6.92 Å². The molecule has 0 spiro atoms. The summed E-state index contributed by atoms with van der Waals surface area (Å²) in [5.74, 6) is -0.522. The molecule has 5 heteroatoms. The molecule has 1 atom stereocenters. The van der Waals surface area contributed by atoms with Gasteiger partial charge in [-0.25, -0.2) is 4.79 Å². The number of carboxylic acid groups (broad SMARTS) is 1. The molecule has 2 heterocycles. The van der Waals surface area contributed by atoms with E-state index in [0.29, 0.717) is 17.9 Å². The summed E-state index contributed by atoms with van der Waals surface area (Å²) in [7, 11) is 0. The van der Waals surface area contributed by atoms with E-state index in [1.54, 1.807) is 13.0 Å². The van der Waals surface area contributed by atoms with E-state index in [1.807, 2.05) is 0 Å². The summed E-state index contributed by atoms with van der Waals surface area (Å²) in [5, 5.41) is 8.82. The van der Waals surface area contributed by atoms with Crippen molar-refractivity contribution in [2.45, 2.75) is 32.5 Å². The Morgan fingerprint density at radius 3 is 3.06 bits per heavy atom. The van der Waals surface area contributed by atoms with Crippen LogP contribution in [0.2, 0.25) is 0 Å². The van der Waals surface area contributed by atoms with E-state index in [2.05, 4.69) is 0 Å². The monoisotopic (exact) mass is 240 g/mol. The van der Waals surface area contributed by atoms with E-state index < -0.39 is 5.97 Å². The molecule has 1 aliphatic heterocycles. The minimum absolute atomic E-state index is 0.0132. The molecule has 0 aliphatic carbocycles. The van der Waals surface area contributed by atoms with Crippen molar-refractivity contribution in [2.75, 3.05) is 13.2 Å². The molecule has 5 nitrogen and oxygen atoms in total. The largest absolute Gasteiger partial charge is 0.475 e. The molecule has 17 heavy (non-hydrogen) atoms. The lowest BCUT2D eigenvalue weighted by Gasteiger charge is -2.08. The summed E-state index contributed by atoms with van der Waals surface area (Å²) in [5.41, 5.74) is 0.619. The summed E-state index contributed by atoms with van der Waals surface area (Å²) < 4.78 is 16.0. The first kappa shape index (κ1) is 12.1. The van der Waals surface area contributed by atoms with Crippen LogP contribution in [0.25, 0.3) is 0 Å². The van der Waals surface area contributed by atoms with Crippen LogP contribution in [0.4, 0.5) is 0 Å². The summed E-state index contributed by atoms with van der Waals surface area (Å²) in [6.45, 7) is 3.32. The first-order valence-corrected chi connectivity index (χ1v) is 5.69. The Morgan fingerprint density at radius 1 is 1.65 bits per heavy atom. The highest BCUT2D eigenvalue weighted by atomic mass is 16.5. The highest BCUT2D eigenvalue weighted by Gasteiger charge is 2.17. The number of furan rings is 1. The lowest BCUT2D eigenvalue weighted by Crippen LogP contribution is -2.13. The van der Waals surface area contributed by atoms with Gasteiger partial charge in [-0.05, 0) is 25.8 Å². The van der Waals surface area contributed by atoms with E-state index in [0.717, 1.165) is 19.4 Å². The van der Waals surface area contributed by atoms with Gasteiger partial charge >= 0.3 is 5.97 Å². The average molecular weight is 240 g/mol. The summed E-state index contributed by atoms with van der Waals surface area (Å²) in [6, 6.07) is 1.69. The maximum absolute atomic E-state index is 10.8. The predicted octanol–water partition coefficient (Wildman–Crippen LogP) is 1.98. The standard InChI is InChI=1S/C12H16O5/c1-8-5-10(17-11(8)12(13)14)7-15-6-9-3-2-4-16-9/h5,9H,2-4,6-7H2,1H3,(H,13,14). The van der Waals surface area contributed by atoms with E-state index in [1.165, 1.54) is 0 Å². The number of ether oxygens (including phenoxy) is 2. The molecule has 1 aromatic heterocycles. The van der Waals surface area contributed by atoms with Gasteiger partial charge in [-0.1, -0.05) is 0 Å². The van der Waals surface area contributed by atoms with Crippen molar-refractivity contribution in [1.29, 1.82) is 0 Å². The molecule has 1 aliphatic rings. The second-order valence-corrected chi connectivity index (χ2v) is 4.18. The quantitative estimate of drug-likeness (QED) is 0.852. The van der Waals surface area contributed by atoms with Gasteiger partial charge in [0.05, 0.1) is 12.7 Å². The van der Waals surface area contributed by atoms with Crippen LogP contribution in [0.3, 0.4) is 0 Å². The van der Waals surface area contributed by atoms with Gasteiger partial charge in [-0.2, -0.15) is 0 Å². The van der Waals surface area contributed by atoms with Crippen molar-refractivity contribution in [1.82, 2.24) is 0 Å². The zero-order valence-electron chi connectivity index (χ0n) is 9.77. The molecule has 1 saturated heterocycles. The van der Waals surface area contributed by atoms with Crippen molar-refractivity contribution in [3.05, 3.63) is 23.2 Å². The first-order valence-electron chi connectivity index (χ1n) is 5.69. The van der Waals surface area contributed by atoms with Gasteiger partial charge in [0.15, 0.2) is 0 Å². The summed E-state index contributed by atoms with van der Waals surface area (Å²) >= 11 is 0. The SMILES string of the molecule is Cc1cc(COCC2CCCO2)oc1C(=O)O. The van der Waals surface area contributed by atoms with Gasteiger partial charge in [0.1, 0.15) is 12.4 Å². The van der Waals surface area contributed by atoms with E-state index in [4.69, 9.17) is 19.0 Å². The summed E-state index contributed by atoms with van der Waals surface area (Å²) in [6.07, 6.45) is 2.28. The van der Waals surface area contributed by atoms with Gasteiger partial charge < -0.3 is 19.0 Å². The highest BCUT2D eigenvalue weighted by Crippen LogP contribution is 2.17. The van der Waals surface area contributed by atoms with Crippen LogP contribution >= 0.6 is 0 Å². The van der Waals surface area contributed by atoms with Crippen molar-refractivity contribution in [3.8, 4) is 0 Å². The van der Waals surface area contributed by atoms with Crippen LogP contribution in [-0.2, 0) is 16.1 Å². The second kappa shape index (κ2) is 5.33. The Morgan fingerprint density at radius 2 is 2.47 bits per heavy atom. The number of rotatable bonds is 5. The minimum atomic E-state index is -1.05. The number of carboxylic acids is 1. The minimum Gasteiger partial charge on any atom is -0.475 e. The van der Waals surface area contributed by atoms with Gasteiger partial charge in [0.2, 0.25) is 5.76 Å². The Kier molecular flexibility index (Phi) is 3.81. The fourth-order valence-corrected chi connectivity index (χ4v) is 1.90. The fourth-order valence-electron chi connectivity index (χ4n) is 1.90. The molecule has 1 fully saturated rings. The topological polar surface area (TPSA) is 68.9 Å². The molecular weight excluding hydrogens is 224 g/mol. The Bertz CT molecular complexity index is 390. The molecular formula is C12H16O5. The number of aromatic carboxylic acids is 1. The third-order valence-corrected chi connectivity index (χ3v) is 2.74. The van der Waals surface area contributed by atoms with Crippen LogP contribution in [0.15, 0.2) is 10.5 Å². The zero-order chi connectivity index (χ0) is 12.3. The predicted molar refractivity (Wildman–Crippen MR) is 59.0 cm³/mol. The van der Waals surface area contributed by atoms with Crippen LogP contribution in [0.5, 0.6) is 0 Å². The molecule has 94 valence electrons. The second-order valence-electron chi connectivity index (χ2n) is 4.18. The highest BCUT2D eigenvalue weighted by molar-refractivity contribution is 5.86. The van der Waals surface area contributed by atoms with Crippen LogP contribution in [0.1, 0.15) is 34.7 Å². The Labute approximate surface area is 99.3 Å². The third kappa shape index (κ3) is 3.08. The molecule has 1 unspecified atom stereocenters. The molecule has 0 saturated carbocycles.